The first-order chi connectivity index (χ1) is 9.45. The van der Waals surface area contributed by atoms with Crippen molar-refractivity contribution in [2.75, 3.05) is 6.54 Å². The molecule has 0 aromatic heterocycles. The molecule has 1 fully saturated rings. The molecule has 1 amide bonds. The van der Waals surface area contributed by atoms with Gasteiger partial charge in [0.15, 0.2) is 6.29 Å². The fraction of sp³-hybridized carbons (Fsp3) is 0.429. The molecule has 108 valence electrons. The lowest BCUT2D eigenvalue weighted by molar-refractivity contribution is -0.123. The maximum absolute atomic E-state index is 11.1. The molecule has 1 unspecified atom stereocenters. The molecule has 1 aromatic rings. The van der Waals surface area contributed by atoms with Gasteiger partial charge >= 0.3 is 0 Å². The summed E-state index contributed by atoms with van der Waals surface area (Å²) in [6, 6.07) is 8.25. The van der Waals surface area contributed by atoms with Crippen molar-refractivity contribution in [3.63, 3.8) is 0 Å². The fourth-order valence-corrected chi connectivity index (χ4v) is 1.80. The standard InChI is InChI=1S/C14H21N5O/c1-14(2,3)11-6-4-10(5-7-11)8-15-18-13-17-12(20)9-16-19-13/h4-8,13,16,18-19H,9H2,1-3H3,(H,17,20)/b15-8+. The van der Waals surface area contributed by atoms with Gasteiger partial charge in [-0.3, -0.25) is 10.2 Å². The van der Waals surface area contributed by atoms with Crippen molar-refractivity contribution in [1.82, 2.24) is 21.6 Å². The first kappa shape index (κ1) is 14.5. The van der Waals surface area contributed by atoms with Gasteiger partial charge in [-0.1, -0.05) is 45.0 Å². The zero-order valence-electron chi connectivity index (χ0n) is 12.0. The third-order valence-corrected chi connectivity index (χ3v) is 2.99. The zero-order chi connectivity index (χ0) is 14.6. The number of hydrazone groups is 1. The van der Waals surface area contributed by atoms with Crippen LogP contribution in [0.1, 0.15) is 31.9 Å². The van der Waals surface area contributed by atoms with E-state index in [9.17, 15) is 4.79 Å². The van der Waals surface area contributed by atoms with Crippen LogP contribution in [0.5, 0.6) is 0 Å². The lowest BCUT2D eigenvalue weighted by atomic mass is 9.87. The molecule has 6 heteroatoms. The highest BCUT2D eigenvalue weighted by Crippen LogP contribution is 2.21. The average molecular weight is 275 g/mol. The predicted octanol–water partition coefficient (Wildman–Crippen LogP) is 0.415. The molecule has 1 aromatic carbocycles. The Balaban J connectivity index is 1.89. The third kappa shape index (κ3) is 4.04. The predicted molar refractivity (Wildman–Crippen MR) is 78.9 cm³/mol. The van der Waals surface area contributed by atoms with Gasteiger partial charge in [-0.25, -0.2) is 10.9 Å². The molecule has 0 spiro atoms. The number of amides is 1. The van der Waals surface area contributed by atoms with Gasteiger partial charge in [0.2, 0.25) is 5.91 Å². The minimum Gasteiger partial charge on any atom is -0.320 e. The summed E-state index contributed by atoms with van der Waals surface area (Å²) in [5.74, 6) is -0.0778. The van der Waals surface area contributed by atoms with Crippen LogP contribution in [-0.4, -0.2) is 25.0 Å². The third-order valence-electron chi connectivity index (χ3n) is 2.99. The van der Waals surface area contributed by atoms with Gasteiger partial charge in [-0.05, 0) is 16.5 Å². The number of rotatable bonds is 3. The number of carbonyl (C=O) groups excluding carboxylic acids is 1. The minimum absolute atomic E-state index is 0.0778. The van der Waals surface area contributed by atoms with Crippen LogP contribution in [-0.2, 0) is 10.2 Å². The van der Waals surface area contributed by atoms with E-state index in [1.807, 2.05) is 12.1 Å². The number of nitrogens with one attached hydrogen (secondary N) is 4. The second kappa shape index (κ2) is 6.02. The molecule has 0 saturated carbocycles. The first-order valence-corrected chi connectivity index (χ1v) is 6.62. The summed E-state index contributed by atoms with van der Waals surface area (Å²) in [7, 11) is 0. The van der Waals surface area contributed by atoms with E-state index in [4.69, 9.17) is 0 Å². The molecule has 0 bridgehead atoms. The van der Waals surface area contributed by atoms with Gasteiger partial charge in [0.25, 0.3) is 0 Å². The summed E-state index contributed by atoms with van der Waals surface area (Å²) in [5.41, 5.74) is 10.9. The van der Waals surface area contributed by atoms with E-state index in [2.05, 4.69) is 59.6 Å². The van der Waals surface area contributed by atoms with Crippen molar-refractivity contribution in [3.05, 3.63) is 35.4 Å². The monoisotopic (exact) mass is 275 g/mol. The van der Waals surface area contributed by atoms with Gasteiger partial charge in [-0.15, -0.1) is 0 Å². The maximum Gasteiger partial charge on any atom is 0.238 e. The summed E-state index contributed by atoms with van der Waals surface area (Å²) in [4.78, 5) is 11.1. The lowest BCUT2D eigenvalue weighted by Crippen LogP contribution is -2.64. The molecule has 6 nitrogen and oxygen atoms in total. The molecule has 1 aliphatic heterocycles. The van der Waals surface area contributed by atoms with E-state index in [1.165, 1.54) is 5.56 Å². The number of nitrogens with zero attached hydrogens (tertiary/aromatic N) is 1. The number of benzene rings is 1. The quantitative estimate of drug-likeness (QED) is 0.476. The molecule has 4 N–H and O–H groups in total. The van der Waals surface area contributed by atoms with Gasteiger partial charge in [-0.2, -0.15) is 5.10 Å². The van der Waals surface area contributed by atoms with Crippen LogP contribution in [0.25, 0.3) is 0 Å². The molecule has 1 aliphatic rings. The maximum atomic E-state index is 11.1. The topological polar surface area (TPSA) is 77.6 Å². The Morgan fingerprint density at radius 2 is 2.00 bits per heavy atom. The van der Waals surface area contributed by atoms with E-state index in [1.54, 1.807) is 6.21 Å². The SMILES string of the molecule is CC(C)(C)c1ccc(/C=N/NC2NNCC(=O)N2)cc1. The Kier molecular flexibility index (Phi) is 4.36. The van der Waals surface area contributed by atoms with Gasteiger partial charge < -0.3 is 5.32 Å². The Labute approximate surface area is 119 Å². The van der Waals surface area contributed by atoms with E-state index in [0.717, 1.165) is 5.56 Å². The highest BCUT2D eigenvalue weighted by molar-refractivity contribution is 5.80. The van der Waals surface area contributed by atoms with Gasteiger partial charge in [0.05, 0.1) is 12.8 Å². The molecule has 1 saturated heterocycles. The van der Waals surface area contributed by atoms with Crippen LogP contribution >= 0.6 is 0 Å². The van der Waals surface area contributed by atoms with Crippen molar-refractivity contribution in [2.24, 2.45) is 5.10 Å². The molecule has 1 atom stereocenters. The molecular formula is C14H21N5O. The minimum atomic E-state index is -0.402. The van der Waals surface area contributed by atoms with E-state index in [0.29, 0.717) is 0 Å². The smallest absolute Gasteiger partial charge is 0.238 e. The normalized spacial score (nSPS) is 19.9. The summed E-state index contributed by atoms with van der Waals surface area (Å²) in [5, 5.41) is 6.79. The molecule has 1 heterocycles. The molecule has 0 aliphatic carbocycles. The van der Waals surface area contributed by atoms with Crippen LogP contribution in [0.4, 0.5) is 0 Å². The molecule has 20 heavy (non-hydrogen) atoms. The van der Waals surface area contributed by atoms with Crippen LogP contribution in [0, 0.1) is 0 Å². The van der Waals surface area contributed by atoms with Crippen LogP contribution in [0.15, 0.2) is 29.4 Å². The molecule has 0 radical (unpaired) electrons. The highest BCUT2D eigenvalue weighted by Gasteiger charge is 2.15. The summed E-state index contributed by atoms with van der Waals surface area (Å²) in [6.07, 6.45) is 1.32. The van der Waals surface area contributed by atoms with Crippen LogP contribution in [0.3, 0.4) is 0 Å². The van der Waals surface area contributed by atoms with Gasteiger partial charge in [0, 0.05) is 0 Å². The van der Waals surface area contributed by atoms with Crippen molar-refractivity contribution in [3.8, 4) is 0 Å². The Bertz CT molecular complexity index is 489. The van der Waals surface area contributed by atoms with Crippen LogP contribution < -0.4 is 21.6 Å². The summed E-state index contributed by atoms with van der Waals surface area (Å²) < 4.78 is 0. The molecule has 2 rings (SSSR count). The number of hydrazine groups is 1. The molecular weight excluding hydrogens is 254 g/mol. The first-order valence-electron chi connectivity index (χ1n) is 6.62. The van der Waals surface area contributed by atoms with E-state index in [-0.39, 0.29) is 17.9 Å². The van der Waals surface area contributed by atoms with E-state index >= 15 is 0 Å². The Morgan fingerprint density at radius 3 is 2.60 bits per heavy atom. The number of hydrogen-bond acceptors (Lipinski definition) is 5. The Morgan fingerprint density at radius 1 is 1.30 bits per heavy atom. The number of hydrogen-bond donors (Lipinski definition) is 4. The van der Waals surface area contributed by atoms with Crippen molar-refractivity contribution in [1.29, 1.82) is 0 Å². The number of carbonyl (C=O) groups is 1. The summed E-state index contributed by atoms with van der Waals surface area (Å²) in [6.45, 7) is 6.81. The lowest BCUT2D eigenvalue weighted by Gasteiger charge is -2.24. The largest absolute Gasteiger partial charge is 0.320 e. The van der Waals surface area contributed by atoms with E-state index < -0.39 is 6.29 Å². The fourth-order valence-electron chi connectivity index (χ4n) is 1.80. The van der Waals surface area contributed by atoms with Crippen molar-refractivity contribution >= 4 is 12.1 Å². The van der Waals surface area contributed by atoms with Crippen molar-refractivity contribution in [2.45, 2.75) is 32.5 Å². The zero-order valence-corrected chi connectivity index (χ0v) is 12.0. The van der Waals surface area contributed by atoms with Gasteiger partial charge in [0.1, 0.15) is 0 Å². The van der Waals surface area contributed by atoms with Crippen LogP contribution in [0.2, 0.25) is 0 Å². The Hall–Kier alpha value is -1.92. The summed E-state index contributed by atoms with van der Waals surface area (Å²) >= 11 is 0. The second-order valence-electron chi connectivity index (χ2n) is 5.76. The highest BCUT2D eigenvalue weighted by atomic mass is 16.2. The van der Waals surface area contributed by atoms with Crippen molar-refractivity contribution < 1.29 is 4.79 Å². The average Bonchev–Trinajstić information content (AvgIpc) is 2.38. The second-order valence-corrected chi connectivity index (χ2v) is 5.76.